The third-order valence-electron chi connectivity index (χ3n) is 4.59. The van der Waals surface area contributed by atoms with Crippen molar-refractivity contribution in [2.75, 3.05) is 30.5 Å². The van der Waals surface area contributed by atoms with Gasteiger partial charge in [0.1, 0.15) is 5.75 Å². The highest BCUT2D eigenvalue weighted by Crippen LogP contribution is 2.28. The van der Waals surface area contributed by atoms with E-state index < -0.39 is 24.4 Å². The lowest BCUT2D eigenvalue weighted by Gasteiger charge is -2.23. The van der Waals surface area contributed by atoms with E-state index in [1.54, 1.807) is 42.5 Å². The van der Waals surface area contributed by atoms with Crippen LogP contribution in [0.15, 0.2) is 71.3 Å². The van der Waals surface area contributed by atoms with Crippen LogP contribution in [0.25, 0.3) is 0 Å². The summed E-state index contributed by atoms with van der Waals surface area (Å²) in [5, 5.41) is 11.6. The van der Waals surface area contributed by atoms with Gasteiger partial charge in [0.05, 0.1) is 42.8 Å². The number of rotatable bonds is 9. The van der Waals surface area contributed by atoms with Gasteiger partial charge in [-0.05, 0) is 36.4 Å². The van der Waals surface area contributed by atoms with Gasteiger partial charge in [0.2, 0.25) is 0 Å². The highest BCUT2D eigenvalue weighted by atomic mass is 16.5. The zero-order valence-electron chi connectivity index (χ0n) is 17.8. The number of ether oxygens (including phenoxy) is 2. The van der Waals surface area contributed by atoms with Gasteiger partial charge < -0.3 is 24.1 Å². The number of hydrogen-bond donors (Lipinski definition) is 1. The van der Waals surface area contributed by atoms with Crippen LogP contribution in [0.1, 0.15) is 27.3 Å². The Bertz CT molecular complexity index is 1170. The minimum absolute atomic E-state index is 0.0751. The molecule has 168 valence electrons. The number of nitriles is 1. The highest BCUT2D eigenvalue weighted by molar-refractivity contribution is 6.07. The van der Waals surface area contributed by atoms with Gasteiger partial charge >= 0.3 is 5.97 Å². The first-order valence-corrected chi connectivity index (χ1v) is 9.96. The smallest absolute Gasteiger partial charge is 0.340 e. The van der Waals surface area contributed by atoms with Gasteiger partial charge in [-0.15, -0.1) is 0 Å². The average Bonchev–Trinajstić information content (AvgIpc) is 3.38. The monoisotopic (exact) mass is 447 g/mol. The van der Waals surface area contributed by atoms with Crippen LogP contribution in [0.3, 0.4) is 0 Å². The lowest BCUT2D eigenvalue weighted by Crippen LogP contribution is -2.35. The van der Waals surface area contributed by atoms with Crippen LogP contribution in [0.5, 0.6) is 5.75 Å². The van der Waals surface area contributed by atoms with E-state index >= 15 is 0 Å². The first-order chi connectivity index (χ1) is 16.0. The largest absolute Gasteiger partial charge is 0.495 e. The molecule has 0 radical (unpaired) electrons. The second-order valence-electron chi connectivity index (χ2n) is 6.68. The zero-order valence-corrected chi connectivity index (χ0v) is 17.8. The van der Waals surface area contributed by atoms with Gasteiger partial charge in [0, 0.05) is 6.54 Å². The Balaban J connectivity index is 1.72. The molecule has 0 atom stereocenters. The van der Waals surface area contributed by atoms with Crippen molar-refractivity contribution in [3.8, 4) is 11.8 Å². The number of carbonyl (C=O) groups is 3. The topological polar surface area (TPSA) is 122 Å². The maximum absolute atomic E-state index is 12.9. The van der Waals surface area contributed by atoms with Gasteiger partial charge in [-0.2, -0.15) is 5.26 Å². The molecule has 3 aromatic rings. The molecule has 0 aliphatic heterocycles. The number of benzene rings is 2. The Labute approximate surface area is 190 Å². The van der Waals surface area contributed by atoms with Gasteiger partial charge in [-0.1, -0.05) is 24.3 Å². The van der Waals surface area contributed by atoms with Crippen molar-refractivity contribution in [3.63, 3.8) is 0 Å². The van der Waals surface area contributed by atoms with Gasteiger partial charge in [0.15, 0.2) is 12.4 Å². The van der Waals surface area contributed by atoms with Crippen molar-refractivity contribution < 1.29 is 28.3 Å². The third kappa shape index (κ3) is 5.77. The fourth-order valence-corrected chi connectivity index (χ4v) is 3.04. The zero-order chi connectivity index (χ0) is 23.6. The van der Waals surface area contributed by atoms with Crippen molar-refractivity contribution in [2.45, 2.75) is 6.42 Å². The number of esters is 1. The number of methoxy groups -OCH3 is 1. The average molecular weight is 447 g/mol. The van der Waals surface area contributed by atoms with Crippen LogP contribution in [0.2, 0.25) is 0 Å². The minimum atomic E-state index is -0.793. The third-order valence-corrected chi connectivity index (χ3v) is 4.59. The molecule has 1 heterocycles. The summed E-state index contributed by atoms with van der Waals surface area (Å²) >= 11 is 0. The molecule has 33 heavy (non-hydrogen) atoms. The molecule has 1 aromatic heterocycles. The van der Waals surface area contributed by atoms with E-state index in [1.165, 1.54) is 36.5 Å². The van der Waals surface area contributed by atoms with Crippen molar-refractivity contribution in [1.82, 2.24) is 0 Å². The highest BCUT2D eigenvalue weighted by Gasteiger charge is 2.22. The second kappa shape index (κ2) is 11.2. The molecular weight excluding hydrogens is 426 g/mol. The Morgan fingerprint density at radius 3 is 2.55 bits per heavy atom. The van der Waals surface area contributed by atoms with Gasteiger partial charge in [0.25, 0.3) is 11.8 Å². The molecule has 0 aliphatic carbocycles. The summed E-state index contributed by atoms with van der Waals surface area (Å²) in [7, 11) is 1.47. The molecule has 2 aromatic carbocycles. The number of amides is 2. The SMILES string of the molecule is COc1ccccc1N(CCC#N)C(=O)COC(=O)c1ccccc1NC(=O)c1ccco1. The fraction of sp³-hybridized carbons (Fsp3) is 0.167. The van der Waals surface area contributed by atoms with E-state index in [-0.39, 0.29) is 30.0 Å². The van der Waals surface area contributed by atoms with Crippen LogP contribution < -0.4 is 15.0 Å². The van der Waals surface area contributed by atoms with Crippen LogP contribution in [0, 0.1) is 11.3 Å². The summed E-state index contributed by atoms with van der Waals surface area (Å²) in [6, 6.07) is 18.2. The minimum Gasteiger partial charge on any atom is -0.495 e. The Kier molecular flexibility index (Phi) is 7.81. The molecule has 0 bridgehead atoms. The molecular formula is C24H21N3O6. The predicted octanol–water partition coefficient (Wildman–Crippen LogP) is 3.64. The molecule has 2 amide bonds. The predicted molar refractivity (Wildman–Crippen MR) is 119 cm³/mol. The number of para-hydroxylation sites is 3. The summed E-state index contributed by atoms with van der Waals surface area (Å²) in [5.74, 6) is -1.33. The summed E-state index contributed by atoms with van der Waals surface area (Å²) < 4.78 is 15.6. The first-order valence-electron chi connectivity index (χ1n) is 9.96. The molecule has 9 nitrogen and oxygen atoms in total. The standard InChI is InChI=1S/C24H21N3O6/c1-31-20-11-5-4-10-19(20)27(14-7-13-25)22(28)16-33-24(30)17-8-2-3-9-18(17)26-23(29)21-12-6-15-32-21/h2-6,8-12,15H,7,14,16H2,1H3,(H,26,29). The lowest BCUT2D eigenvalue weighted by atomic mass is 10.1. The van der Waals surface area contributed by atoms with E-state index in [1.807, 2.05) is 6.07 Å². The summed E-state index contributed by atoms with van der Waals surface area (Å²) in [6.07, 6.45) is 1.44. The molecule has 1 N–H and O–H groups in total. The molecule has 3 rings (SSSR count). The fourth-order valence-electron chi connectivity index (χ4n) is 3.04. The van der Waals surface area contributed by atoms with Crippen LogP contribution in [-0.2, 0) is 9.53 Å². The van der Waals surface area contributed by atoms with Crippen LogP contribution in [-0.4, -0.2) is 38.0 Å². The first kappa shape index (κ1) is 23.1. The number of anilines is 2. The molecule has 0 saturated carbocycles. The van der Waals surface area contributed by atoms with Crippen molar-refractivity contribution in [2.24, 2.45) is 0 Å². The molecule has 0 spiro atoms. The summed E-state index contributed by atoms with van der Waals surface area (Å²) in [4.78, 5) is 39.2. The second-order valence-corrected chi connectivity index (χ2v) is 6.68. The number of hydrogen-bond acceptors (Lipinski definition) is 7. The van der Waals surface area contributed by atoms with Crippen LogP contribution >= 0.6 is 0 Å². The maximum Gasteiger partial charge on any atom is 0.340 e. The van der Waals surface area contributed by atoms with E-state index in [0.717, 1.165) is 0 Å². The van der Waals surface area contributed by atoms with E-state index in [4.69, 9.17) is 19.2 Å². The Hall–Kier alpha value is -4.58. The van der Waals surface area contributed by atoms with Crippen molar-refractivity contribution in [3.05, 3.63) is 78.3 Å². The van der Waals surface area contributed by atoms with Crippen molar-refractivity contribution in [1.29, 1.82) is 5.26 Å². The van der Waals surface area contributed by atoms with E-state index in [0.29, 0.717) is 11.4 Å². The van der Waals surface area contributed by atoms with Crippen LogP contribution in [0.4, 0.5) is 11.4 Å². The molecule has 0 aliphatic rings. The summed E-state index contributed by atoms with van der Waals surface area (Å²) in [6.45, 7) is -0.466. The maximum atomic E-state index is 12.9. The Morgan fingerprint density at radius 1 is 1.06 bits per heavy atom. The van der Waals surface area contributed by atoms with E-state index in [2.05, 4.69) is 5.32 Å². The number of carbonyl (C=O) groups excluding carboxylic acids is 3. The number of furan rings is 1. The number of nitrogens with zero attached hydrogens (tertiary/aromatic N) is 2. The molecule has 0 unspecified atom stereocenters. The van der Waals surface area contributed by atoms with E-state index in [9.17, 15) is 14.4 Å². The normalized spacial score (nSPS) is 10.1. The number of nitrogens with one attached hydrogen (secondary N) is 1. The molecule has 9 heteroatoms. The lowest BCUT2D eigenvalue weighted by molar-refractivity contribution is -0.121. The molecule has 0 fully saturated rings. The summed E-state index contributed by atoms with van der Waals surface area (Å²) in [5.41, 5.74) is 0.746. The quantitative estimate of drug-likeness (QED) is 0.497. The Morgan fingerprint density at radius 2 is 1.82 bits per heavy atom. The van der Waals surface area contributed by atoms with Gasteiger partial charge in [-0.25, -0.2) is 4.79 Å². The van der Waals surface area contributed by atoms with Gasteiger partial charge in [-0.3, -0.25) is 9.59 Å². The van der Waals surface area contributed by atoms with Crippen molar-refractivity contribution >= 4 is 29.2 Å². The molecule has 0 saturated heterocycles.